The van der Waals surface area contributed by atoms with Crippen molar-refractivity contribution in [2.24, 2.45) is 5.73 Å². The highest BCUT2D eigenvalue weighted by Gasteiger charge is 2.10. The van der Waals surface area contributed by atoms with Gasteiger partial charge in [0.2, 0.25) is 5.89 Å². The van der Waals surface area contributed by atoms with E-state index in [0.29, 0.717) is 24.1 Å². The molecule has 1 unspecified atom stereocenters. The first-order valence-corrected chi connectivity index (χ1v) is 6.12. The molecule has 1 atom stereocenters. The number of nitrogens with zero attached hydrogens (tertiary/aromatic N) is 2. The van der Waals surface area contributed by atoms with E-state index < -0.39 is 0 Å². The van der Waals surface area contributed by atoms with Gasteiger partial charge in [0.25, 0.3) is 5.89 Å². The predicted molar refractivity (Wildman–Crippen MR) is 68.8 cm³/mol. The average molecular weight is 263 g/mol. The lowest BCUT2D eigenvalue weighted by molar-refractivity contribution is 0.256. The van der Waals surface area contributed by atoms with Crippen molar-refractivity contribution in [1.29, 1.82) is 0 Å². The quantitative estimate of drug-likeness (QED) is 0.858. The minimum Gasteiger partial charge on any atom is -0.494 e. The molecule has 0 fully saturated rings. The second-order valence-electron chi connectivity index (χ2n) is 4.02. The van der Waals surface area contributed by atoms with Crippen LogP contribution in [0.5, 0.6) is 11.5 Å². The number of rotatable bonds is 6. The van der Waals surface area contributed by atoms with Crippen LogP contribution in [0.1, 0.15) is 31.7 Å². The Kier molecular flexibility index (Phi) is 4.35. The second-order valence-corrected chi connectivity index (χ2v) is 4.02. The van der Waals surface area contributed by atoms with E-state index in [1.165, 1.54) is 0 Å². The Labute approximate surface area is 111 Å². The van der Waals surface area contributed by atoms with Crippen molar-refractivity contribution >= 4 is 0 Å². The molecular formula is C13H17N3O3. The molecule has 1 aromatic heterocycles. The van der Waals surface area contributed by atoms with Crippen molar-refractivity contribution in [3.05, 3.63) is 36.0 Å². The second kappa shape index (κ2) is 6.19. The van der Waals surface area contributed by atoms with Crippen LogP contribution in [0.2, 0.25) is 0 Å². The normalized spacial score (nSPS) is 12.2. The molecule has 0 radical (unpaired) electrons. The van der Waals surface area contributed by atoms with Gasteiger partial charge in [-0.3, -0.25) is 0 Å². The third-order valence-corrected chi connectivity index (χ3v) is 2.37. The number of aromatic nitrogens is 2. The summed E-state index contributed by atoms with van der Waals surface area (Å²) >= 11 is 0. The third-order valence-electron chi connectivity index (χ3n) is 2.37. The van der Waals surface area contributed by atoms with Crippen LogP contribution in [0.15, 0.2) is 28.7 Å². The Hall–Kier alpha value is -2.08. The van der Waals surface area contributed by atoms with Crippen LogP contribution in [0.4, 0.5) is 0 Å². The molecule has 1 heterocycles. The summed E-state index contributed by atoms with van der Waals surface area (Å²) in [6, 6.07) is 7.08. The summed E-state index contributed by atoms with van der Waals surface area (Å²) in [6.07, 6.45) is 0. The standard InChI is InChI=1S/C13H17N3O3/c1-3-17-10-4-6-11(7-5-10)18-8-12-15-16-13(19-12)9(2)14/h4-7,9H,3,8,14H2,1-2H3. The Balaban J connectivity index is 1.90. The van der Waals surface area contributed by atoms with E-state index in [4.69, 9.17) is 19.6 Å². The summed E-state index contributed by atoms with van der Waals surface area (Å²) < 4.78 is 16.2. The van der Waals surface area contributed by atoms with E-state index in [0.717, 1.165) is 5.75 Å². The van der Waals surface area contributed by atoms with Crippen molar-refractivity contribution in [3.63, 3.8) is 0 Å². The fraction of sp³-hybridized carbons (Fsp3) is 0.385. The highest BCUT2D eigenvalue weighted by atomic mass is 16.5. The average Bonchev–Trinajstić information content (AvgIpc) is 2.87. The minimum absolute atomic E-state index is 0.216. The molecule has 6 heteroatoms. The van der Waals surface area contributed by atoms with Gasteiger partial charge in [0.05, 0.1) is 12.6 Å². The molecule has 0 aliphatic heterocycles. The maximum absolute atomic E-state index is 5.63. The predicted octanol–water partition coefficient (Wildman–Crippen LogP) is 2.07. The van der Waals surface area contributed by atoms with Gasteiger partial charge in [0.1, 0.15) is 11.5 Å². The van der Waals surface area contributed by atoms with Gasteiger partial charge in [0, 0.05) is 0 Å². The van der Waals surface area contributed by atoms with Crippen LogP contribution < -0.4 is 15.2 Å². The Morgan fingerprint density at radius 2 is 1.79 bits per heavy atom. The van der Waals surface area contributed by atoms with Gasteiger partial charge in [-0.1, -0.05) is 0 Å². The zero-order valence-electron chi connectivity index (χ0n) is 11.0. The monoisotopic (exact) mass is 263 g/mol. The Bertz CT molecular complexity index is 508. The van der Waals surface area contributed by atoms with Crippen LogP contribution in [0.25, 0.3) is 0 Å². The first-order chi connectivity index (χ1) is 9.19. The van der Waals surface area contributed by atoms with E-state index in [-0.39, 0.29) is 12.6 Å². The fourth-order valence-corrected chi connectivity index (χ4v) is 1.45. The summed E-state index contributed by atoms with van der Waals surface area (Å²) in [5.74, 6) is 2.34. The van der Waals surface area contributed by atoms with Crippen LogP contribution in [0, 0.1) is 0 Å². The van der Waals surface area contributed by atoms with E-state index in [1.807, 2.05) is 31.2 Å². The zero-order valence-corrected chi connectivity index (χ0v) is 11.0. The molecule has 2 N–H and O–H groups in total. The first-order valence-electron chi connectivity index (χ1n) is 6.12. The number of benzene rings is 1. The van der Waals surface area contributed by atoms with Gasteiger partial charge in [-0.15, -0.1) is 10.2 Å². The Morgan fingerprint density at radius 3 is 2.32 bits per heavy atom. The van der Waals surface area contributed by atoms with Crippen LogP contribution >= 0.6 is 0 Å². The lowest BCUT2D eigenvalue weighted by Crippen LogP contribution is -2.04. The number of hydrogen-bond donors (Lipinski definition) is 1. The maximum atomic E-state index is 5.63. The molecule has 0 spiro atoms. The summed E-state index contributed by atoms with van der Waals surface area (Å²) in [5, 5.41) is 7.68. The number of hydrogen-bond acceptors (Lipinski definition) is 6. The molecule has 6 nitrogen and oxygen atoms in total. The highest BCUT2D eigenvalue weighted by Crippen LogP contribution is 2.18. The van der Waals surface area contributed by atoms with Gasteiger partial charge in [-0.05, 0) is 38.1 Å². The lowest BCUT2D eigenvalue weighted by Gasteiger charge is -2.05. The van der Waals surface area contributed by atoms with E-state index >= 15 is 0 Å². The first kappa shape index (κ1) is 13.4. The van der Waals surface area contributed by atoms with E-state index in [1.54, 1.807) is 6.92 Å². The SMILES string of the molecule is CCOc1ccc(OCc2nnc(C(C)N)o2)cc1. The minimum atomic E-state index is -0.272. The van der Waals surface area contributed by atoms with Crippen molar-refractivity contribution < 1.29 is 13.9 Å². The summed E-state index contributed by atoms with van der Waals surface area (Å²) in [5.41, 5.74) is 5.63. The summed E-state index contributed by atoms with van der Waals surface area (Å²) in [7, 11) is 0. The van der Waals surface area contributed by atoms with Gasteiger partial charge >= 0.3 is 0 Å². The molecule has 0 bridgehead atoms. The summed E-state index contributed by atoms with van der Waals surface area (Å²) in [4.78, 5) is 0. The van der Waals surface area contributed by atoms with Gasteiger partial charge in [0.15, 0.2) is 6.61 Å². The lowest BCUT2D eigenvalue weighted by atomic mass is 10.3. The van der Waals surface area contributed by atoms with Crippen molar-refractivity contribution in [2.75, 3.05) is 6.61 Å². The molecule has 0 saturated heterocycles. The third kappa shape index (κ3) is 3.69. The van der Waals surface area contributed by atoms with E-state index in [9.17, 15) is 0 Å². The van der Waals surface area contributed by atoms with Crippen LogP contribution in [0.3, 0.4) is 0 Å². The molecule has 102 valence electrons. The molecule has 2 rings (SSSR count). The largest absolute Gasteiger partial charge is 0.494 e. The maximum Gasteiger partial charge on any atom is 0.253 e. The topological polar surface area (TPSA) is 83.4 Å². The van der Waals surface area contributed by atoms with Gasteiger partial charge in [-0.2, -0.15) is 0 Å². The van der Waals surface area contributed by atoms with Gasteiger partial charge in [-0.25, -0.2) is 0 Å². The number of ether oxygens (including phenoxy) is 2. The van der Waals surface area contributed by atoms with Crippen molar-refractivity contribution in [2.45, 2.75) is 26.5 Å². The molecule has 0 amide bonds. The molecule has 19 heavy (non-hydrogen) atoms. The Morgan fingerprint density at radius 1 is 1.16 bits per heavy atom. The molecule has 2 aromatic rings. The number of nitrogens with two attached hydrogens (primary N) is 1. The fourth-order valence-electron chi connectivity index (χ4n) is 1.45. The van der Waals surface area contributed by atoms with Crippen molar-refractivity contribution in [3.8, 4) is 11.5 Å². The molecular weight excluding hydrogens is 246 g/mol. The zero-order chi connectivity index (χ0) is 13.7. The molecule has 0 saturated carbocycles. The molecule has 1 aromatic carbocycles. The van der Waals surface area contributed by atoms with Crippen LogP contribution in [-0.4, -0.2) is 16.8 Å². The van der Waals surface area contributed by atoms with Crippen molar-refractivity contribution in [1.82, 2.24) is 10.2 Å². The van der Waals surface area contributed by atoms with Gasteiger partial charge < -0.3 is 19.6 Å². The smallest absolute Gasteiger partial charge is 0.253 e. The molecule has 0 aliphatic rings. The molecule has 0 aliphatic carbocycles. The van der Waals surface area contributed by atoms with E-state index in [2.05, 4.69) is 10.2 Å². The highest BCUT2D eigenvalue weighted by molar-refractivity contribution is 5.31. The summed E-state index contributed by atoms with van der Waals surface area (Å²) in [6.45, 7) is 4.58. The van der Waals surface area contributed by atoms with Crippen LogP contribution in [-0.2, 0) is 6.61 Å².